The van der Waals surface area contributed by atoms with Gasteiger partial charge in [-0.15, -0.1) is 20.5 Å². The number of azo groups is 2. The molecule has 0 fully saturated rings. The van der Waals surface area contributed by atoms with Gasteiger partial charge in [-0.2, -0.15) is 135 Å². The Bertz CT molecular complexity index is 7170. The third-order valence-corrected chi connectivity index (χ3v) is 23.1. The van der Waals surface area contributed by atoms with Crippen molar-refractivity contribution in [2.45, 2.75) is 39.2 Å². The molecule has 649 valence electrons. The first-order valence-electron chi connectivity index (χ1n) is 30.8. The molecule has 0 saturated heterocycles. The molecule has 132 heavy (non-hydrogen) atoms. The van der Waals surface area contributed by atoms with Gasteiger partial charge >= 0.3 is 278 Å². The number of anilines is 12. The number of rotatable bonds is 24. The van der Waals surface area contributed by atoms with Crippen LogP contribution in [0.2, 0.25) is 20.6 Å². The van der Waals surface area contributed by atoms with Gasteiger partial charge in [0.05, 0.1) is 42.3 Å². The average Bonchev–Trinajstić information content (AvgIpc) is 0.746. The van der Waals surface area contributed by atoms with E-state index in [-0.39, 0.29) is 294 Å². The largest absolute Gasteiger partial charge is 1.00 e. The molecule has 0 aliphatic heterocycles. The number of nitrogens with one attached hydrogen (secondary N) is 6. The van der Waals surface area contributed by atoms with Crippen molar-refractivity contribution in [1.82, 2.24) is 49.8 Å². The minimum atomic E-state index is -5.41. The van der Waals surface area contributed by atoms with Crippen molar-refractivity contribution in [1.29, 1.82) is 0 Å². The van der Waals surface area contributed by atoms with E-state index in [1.54, 1.807) is 0 Å². The first kappa shape index (κ1) is 127. The van der Waals surface area contributed by atoms with Crippen LogP contribution < -0.4 is 298 Å². The van der Waals surface area contributed by atoms with Crippen LogP contribution in [-0.4, -0.2) is 174 Å². The standard InChI is InChI=1S/2C29H18Cl2F2N10O14S4.Co.9Na/c2*30-21-24(32)37-27(33)38-25(21)34-11-1-4-18(60(52,53)54)15(7-11)35-28-39-26(31)40-29(41-28)36-16-9-13(59(49,50)51)5-10-6-19(61(55,56)57)22(23(45)20(10)16)43-42-14-8-12(58(46,47)48)2-3-17(14)44;;;;;;;;;;/h2*1-9,44-45H,(H,34,37,38)(H,46,47,48)(H,49,50,51)(H,52,53,54)(H,55,56,57)(H2,35,36,39,40,41);;;;;;;;;;/q;;;9*+1. The molecule has 0 unspecified atom stereocenters. The van der Waals surface area contributed by atoms with Crippen LogP contribution in [0, 0.1) is 24.1 Å². The quantitative estimate of drug-likeness (QED) is 0.00667. The summed E-state index contributed by atoms with van der Waals surface area (Å²) in [4.78, 5) is 27.7. The van der Waals surface area contributed by atoms with Crippen molar-refractivity contribution in [2.75, 3.05) is 31.9 Å². The van der Waals surface area contributed by atoms with E-state index in [1.807, 2.05) is 0 Å². The van der Waals surface area contributed by atoms with E-state index in [2.05, 4.69) is 102 Å². The summed E-state index contributed by atoms with van der Waals surface area (Å²) in [6.07, 6.45) is -3.05. The molecule has 0 aliphatic carbocycles. The number of benzene rings is 8. The van der Waals surface area contributed by atoms with Crippen molar-refractivity contribution in [3.05, 3.63) is 154 Å². The predicted octanol–water partition coefficient (Wildman–Crippen LogP) is -16.1. The molecule has 0 amide bonds. The molecule has 1 radical (unpaired) electrons. The molecule has 0 aliphatic rings. The average molecular weight is 2200 g/mol. The normalized spacial score (nSPS) is 11.6. The number of nitrogens with zero attached hydrogens (tertiary/aromatic N) is 14. The molecule has 0 bridgehead atoms. The Morgan fingerprint density at radius 2 is 0.583 bits per heavy atom. The summed E-state index contributed by atoms with van der Waals surface area (Å²) in [5.74, 6) is -10.7. The zero-order valence-corrected chi connectivity index (χ0v) is 95.8. The predicted molar refractivity (Wildman–Crippen MR) is 410 cm³/mol. The first-order valence-corrected chi connectivity index (χ1v) is 43.9. The number of hydrogen-bond acceptors (Lipinski definition) is 40. The van der Waals surface area contributed by atoms with E-state index in [9.17, 15) is 142 Å². The van der Waals surface area contributed by atoms with Crippen LogP contribution in [0.5, 0.6) is 23.0 Å². The minimum absolute atomic E-state index is 0. The van der Waals surface area contributed by atoms with Crippen LogP contribution in [0.15, 0.2) is 169 Å². The molecule has 0 saturated carbocycles. The van der Waals surface area contributed by atoms with Gasteiger partial charge < -0.3 is 52.3 Å². The Hall–Kier alpha value is -2.67. The SMILES string of the molecule is O=S(=O)(O)c1ccc(O)c(N=Nc2c(S(=O)(=O)O)cc3cc(S(=O)(=O)O)cc(Nc4nc(Cl)nc(Nc5cc(Nc6nc(F)nc(F)c6Cl)ccc5S(=O)(=O)O)n4)c3c2O)c1.O=S(=O)(O)c1ccc(O)c(N=Nc2c(S(=O)(=O)O)cc3cc(S(=O)(=O)O)cc(Nc4nc(Cl)nc(Nc5cc(Nc6nc(F)nc(F)c6Cl)ccc5S(=O)(=O)O)n4)c3c2O)c1.[Co].[Na+].[Na+].[Na+].[Na+].[Na+].[Na+].[Na+].[Na+].[Na+]. The van der Waals surface area contributed by atoms with E-state index in [1.165, 1.54) is 0 Å². The van der Waals surface area contributed by atoms with Gasteiger partial charge in [0.15, 0.2) is 23.1 Å². The van der Waals surface area contributed by atoms with Gasteiger partial charge in [0, 0.05) is 38.9 Å². The van der Waals surface area contributed by atoms with Crippen molar-refractivity contribution >= 4 is 241 Å². The van der Waals surface area contributed by atoms with Crippen molar-refractivity contribution in [2.24, 2.45) is 20.5 Å². The summed E-state index contributed by atoms with van der Waals surface area (Å²) >= 11 is 23.8. The first-order chi connectivity index (χ1) is 56.4. The van der Waals surface area contributed by atoms with Gasteiger partial charge in [-0.05, 0) is 143 Å². The fraction of sp³-hybridized carbons (Fsp3) is 0. The second-order valence-corrected chi connectivity index (χ2v) is 36.0. The molecule has 8 aromatic carbocycles. The second-order valence-electron chi connectivity index (χ2n) is 23.4. The zero-order valence-electron chi connectivity index (χ0n) is 67.2. The number of phenolic OH excluding ortho intramolecular Hbond substituents is 4. The number of aromatic hydroxyl groups is 4. The van der Waals surface area contributed by atoms with E-state index in [0.717, 1.165) is 60.7 Å². The third kappa shape index (κ3) is 32.2. The van der Waals surface area contributed by atoms with Gasteiger partial charge in [-0.1, -0.05) is 23.2 Å². The van der Waals surface area contributed by atoms with E-state index in [4.69, 9.17) is 46.4 Å². The van der Waals surface area contributed by atoms with Crippen LogP contribution in [0.3, 0.4) is 0 Å². The third-order valence-electron chi connectivity index (χ3n) is 15.2. The molecule has 12 aromatic rings. The monoisotopic (exact) mass is 2200 g/mol. The number of halogens is 8. The van der Waals surface area contributed by atoms with Crippen molar-refractivity contribution in [3.63, 3.8) is 0 Å². The summed E-state index contributed by atoms with van der Waals surface area (Å²) in [6, 6.07) is 13.6. The molecular formula is C58H36Cl4CoF4N20Na9O28S8+9. The molecule has 18 N–H and O–H groups in total. The fourth-order valence-corrected chi connectivity index (χ4v) is 15.4. The summed E-state index contributed by atoms with van der Waals surface area (Å²) in [6.45, 7) is 0. The molecular weight excluding hydrogens is 2160 g/mol. The Morgan fingerprint density at radius 1 is 0.295 bits per heavy atom. The Kier molecular flexibility index (Phi) is 48.5. The van der Waals surface area contributed by atoms with Crippen LogP contribution >= 0.6 is 46.4 Å². The number of aromatic nitrogens is 10. The Morgan fingerprint density at radius 3 is 0.864 bits per heavy atom. The summed E-state index contributed by atoms with van der Waals surface area (Å²) in [5, 5.41) is 66.9. The Labute approximate surface area is 968 Å². The topological polar surface area (TPSA) is 766 Å². The maximum atomic E-state index is 13.9. The fourth-order valence-electron chi connectivity index (χ4n) is 10.2. The molecule has 12 rings (SSSR count). The molecule has 4 aromatic heterocycles. The van der Waals surface area contributed by atoms with E-state index < -0.39 is 290 Å². The van der Waals surface area contributed by atoms with Crippen molar-refractivity contribution < 1.29 is 425 Å². The summed E-state index contributed by atoms with van der Waals surface area (Å²) in [7, 11) is -41.0. The molecule has 0 spiro atoms. The molecule has 4 heterocycles. The van der Waals surface area contributed by atoms with Crippen LogP contribution in [0.25, 0.3) is 21.5 Å². The van der Waals surface area contributed by atoms with E-state index >= 15 is 0 Å². The molecule has 74 heteroatoms. The summed E-state index contributed by atoms with van der Waals surface area (Å²) < 4.78 is 328. The summed E-state index contributed by atoms with van der Waals surface area (Å²) in [5.41, 5.74) is -6.23. The van der Waals surface area contributed by atoms with Crippen LogP contribution in [0.1, 0.15) is 0 Å². The molecule has 48 nitrogen and oxygen atoms in total. The maximum absolute atomic E-state index is 13.9. The van der Waals surface area contributed by atoms with Gasteiger partial charge in [-0.25, -0.2) is 0 Å². The number of phenols is 4. The maximum Gasteiger partial charge on any atom is 1.00 e. The van der Waals surface area contributed by atoms with Gasteiger partial charge in [0.1, 0.15) is 63.9 Å². The molecule has 0 atom stereocenters. The number of hydrogen-bond donors (Lipinski definition) is 18. The van der Waals surface area contributed by atoms with Crippen molar-refractivity contribution in [3.8, 4) is 23.0 Å². The van der Waals surface area contributed by atoms with Gasteiger partial charge in [-0.3, -0.25) is 36.4 Å². The number of fused-ring (bicyclic) bond motifs is 2. The van der Waals surface area contributed by atoms with E-state index in [0.29, 0.717) is 48.5 Å². The van der Waals surface area contributed by atoms with Crippen LogP contribution in [0.4, 0.5) is 110 Å². The zero-order chi connectivity index (χ0) is 90.0. The van der Waals surface area contributed by atoms with Crippen LogP contribution in [-0.2, 0) is 97.7 Å². The van der Waals surface area contributed by atoms with Gasteiger partial charge in [0.2, 0.25) is 46.3 Å². The minimum Gasteiger partial charge on any atom is -0.506 e. The van der Waals surface area contributed by atoms with Gasteiger partial charge in [0.25, 0.3) is 80.9 Å². The second kappa shape index (κ2) is 50.3. The smallest absolute Gasteiger partial charge is 0.506 e. The Balaban J connectivity index is 0.00000123.